The van der Waals surface area contributed by atoms with E-state index in [0.717, 1.165) is 12.1 Å². The summed E-state index contributed by atoms with van der Waals surface area (Å²) >= 11 is 0. The van der Waals surface area contributed by atoms with Crippen molar-refractivity contribution in [1.82, 2.24) is 14.4 Å². The number of alkyl halides is 3. The Hall–Kier alpha value is -3.25. The van der Waals surface area contributed by atoms with Crippen LogP contribution >= 0.6 is 0 Å². The van der Waals surface area contributed by atoms with Gasteiger partial charge in [-0.15, -0.1) is 0 Å². The molecule has 0 N–H and O–H groups in total. The second-order valence-corrected chi connectivity index (χ2v) is 8.72. The lowest BCUT2D eigenvalue weighted by Crippen LogP contribution is -2.30. The summed E-state index contributed by atoms with van der Waals surface area (Å²) in [6, 6.07) is 9.67. The Labute approximate surface area is 188 Å². The predicted molar refractivity (Wildman–Crippen MR) is 110 cm³/mol. The second kappa shape index (κ2) is 9.71. The number of carbonyl (C=O) groups is 1. The van der Waals surface area contributed by atoms with Gasteiger partial charge in [-0.05, 0) is 36.4 Å². The van der Waals surface area contributed by atoms with E-state index < -0.39 is 34.3 Å². The van der Waals surface area contributed by atoms with Gasteiger partial charge >= 0.3 is 12.1 Å². The first kappa shape index (κ1) is 24.4. The summed E-state index contributed by atoms with van der Waals surface area (Å²) in [6.07, 6.45) is -4.52. The van der Waals surface area contributed by atoms with Gasteiger partial charge in [0, 0.05) is 18.7 Å². The number of halogens is 3. The molecule has 0 spiro atoms. The highest BCUT2D eigenvalue weighted by Gasteiger charge is 2.31. The summed E-state index contributed by atoms with van der Waals surface area (Å²) in [4.78, 5) is 16.3. The molecule has 0 bridgehead atoms. The fourth-order valence-electron chi connectivity index (χ4n) is 2.95. The first-order valence-corrected chi connectivity index (χ1v) is 11.3. The molecule has 0 fully saturated rings. The normalized spacial score (nSPS) is 12.2. The number of hydrogen-bond acceptors (Lipinski definition) is 7. The van der Waals surface area contributed by atoms with E-state index in [-0.39, 0.29) is 27.7 Å². The first-order valence-electron chi connectivity index (χ1n) is 9.83. The van der Waals surface area contributed by atoms with Gasteiger partial charge in [-0.2, -0.15) is 22.5 Å². The van der Waals surface area contributed by atoms with Gasteiger partial charge in [0.25, 0.3) is 5.89 Å². The summed E-state index contributed by atoms with van der Waals surface area (Å²) in [5, 5.41) is 3.62. The molecule has 2 aromatic carbocycles. The molecule has 12 heteroatoms. The first-order chi connectivity index (χ1) is 15.6. The molecule has 3 aromatic rings. The Morgan fingerprint density at radius 2 is 1.76 bits per heavy atom. The van der Waals surface area contributed by atoms with E-state index in [4.69, 9.17) is 9.26 Å². The zero-order valence-corrected chi connectivity index (χ0v) is 18.5. The quantitative estimate of drug-likeness (QED) is 0.444. The van der Waals surface area contributed by atoms with E-state index >= 15 is 0 Å². The van der Waals surface area contributed by atoms with Crippen LogP contribution in [0.1, 0.15) is 35.7 Å². The monoisotopic (exact) mass is 483 g/mol. The summed E-state index contributed by atoms with van der Waals surface area (Å²) in [5.74, 6) is -0.963. The molecule has 0 amide bonds. The molecule has 8 nitrogen and oxygen atoms in total. The predicted octanol–water partition coefficient (Wildman–Crippen LogP) is 4.14. The number of nitrogens with zero attached hydrogens (tertiary/aromatic N) is 3. The van der Waals surface area contributed by atoms with Crippen LogP contribution in [0.15, 0.2) is 57.9 Å². The SMILES string of the molecule is CCN(CC)S(=O)(=O)c1ccc(C(=O)OCc2nc(-c3cccc(C(F)(F)F)c3)no2)cc1. The number of hydrogen-bond donors (Lipinski definition) is 0. The zero-order chi connectivity index (χ0) is 24.2. The summed E-state index contributed by atoms with van der Waals surface area (Å²) < 4.78 is 74.9. The Morgan fingerprint density at radius 1 is 1.09 bits per heavy atom. The van der Waals surface area contributed by atoms with Crippen LogP contribution < -0.4 is 0 Å². The topological polar surface area (TPSA) is 103 Å². The van der Waals surface area contributed by atoms with E-state index in [1.807, 2.05) is 0 Å². The minimum Gasteiger partial charge on any atom is -0.452 e. The number of rotatable bonds is 8. The average molecular weight is 483 g/mol. The molecule has 33 heavy (non-hydrogen) atoms. The van der Waals surface area contributed by atoms with Crippen LogP contribution in [0.4, 0.5) is 13.2 Å². The molecular weight excluding hydrogens is 463 g/mol. The number of sulfonamides is 1. The third-order valence-electron chi connectivity index (χ3n) is 4.68. The van der Waals surface area contributed by atoms with E-state index in [0.29, 0.717) is 13.1 Å². The number of esters is 1. The van der Waals surface area contributed by atoms with Crippen LogP contribution in [-0.4, -0.2) is 41.9 Å². The fourth-order valence-corrected chi connectivity index (χ4v) is 4.41. The Balaban J connectivity index is 1.66. The third-order valence-corrected chi connectivity index (χ3v) is 6.74. The van der Waals surface area contributed by atoms with Gasteiger partial charge in [0.2, 0.25) is 15.8 Å². The summed E-state index contributed by atoms with van der Waals surface area (Å²) in [5.41, 5.74) is -0.661. The highest BCUT2D eigenvalue weighted by atomic mass is 32.2. The smallest absolute Gasteiger partial charge is 0.416 e. The van der Waals surface area contributed by atoms with Crippen molar-refractivity contribution >= 4 is 16.0 Å². The van der Waals surface area contributed by atoms with Gasteiger partial charge in [0.05, 0.1) is 16.0 Å². The highest BCUT2D eigenvalue weighted by Crippen LogP contribution is 2.31. The minimum absolute atomic E-state index is 0.0466. The molecule has 0 radical (unpaired) electrons. The maximum atomic E-state index is 12.9. The van der Waals surface area contributed by atoms with Gasteiger partial charge in [-0.1, -0.05) is 31.1 Å². The van der Waals surface area contributed by atoms with E-state index in [1.165, 1.54) is 40.7 Å². The molecular formula is C21H20F3N3O5S. The molecule has 0 saturated heterocycles. The molecule has 0 atom stereocenters. The van der Waals surface area contributed by atoms with Crippen LogP contribution in [-0.2, 0) is 27.5 Å². The molecule has 0 saturated carbocycles. The van der Waals surface area contributed by atoms with Crippen molar-refractivity contribution in [1.29, 1.82) is 0 Å². The maximum Gasteiger partial charge on any atom is 0.416 e. The molecule has 0 unspecified atom stereocenters. The van der Waals surface area contributed by atoms with Crippen molar-refractivity contribution in [3.63, 3.8) is 0 Å². The van der Waals surface area contributed by atoms with Crippen molar-refractivity contribution < 1.29 is 35.6 Å². The van der Waals surface area contributed by atoms with Crippen molar-refractivity contribution in [3.8, 4) is 11.4 Å². The highest BCUT2D eigenvalue weighted by molar-refractivity contribution is 7.89. The third kappa shape index (κ3) is 5.57. The maximum absolute atomic E-state index is 12.9. The molecule has 3 rings (SSSR count). The summed E-state index contributed by atoms with van der Waals surface area (Å²) in [6.45, 7) is 3.67. The Kier molecular flexibility index (Phi) is 7.18. The summed E-state index contributed by atoms with van der Waals surface area (Å²) in [7, 11) is -3.66. The van der Waals surface area contributed by atoms with Crippen molar-refractivity contribution in [2.75, 3.05) is 13.1 Å². The number of ether oxygens (including phenoxy) is 1. The van der Waals surface area contributed by atoms with Gasteiger partial charge in [0.15, 0.2) is 6.61 Å². The number of aromatic nitrogens is 2. The largest absolute Gasteiger partial charge is 0.452 e. The Morgan fingerprint density at radius 3 is 2.36 bits per heavy atom. The lowest BCUT2D eigenvalue weighted by atomic mass is 10.1. The van der Waals surface area contributed by atoms with Gasteiger partial charge in [0.1, 0.15) is 0 Å². The van der Waals surface area contributed by atoms with Crippen molar-refractivity contribution in [2.24, 2.45) is 0 Å². The zero-order valence-electron chi connectivity index (χ0n) is 17.7. The van der Waals surface area contributed by atoms with Crippen molar-refractivity contribution in [2.45, 2.75) is 31.5 Å². The molecule has 0 aliphatic rings. The van der Waals surface area contributed by atoms with E-state index in [1.54, 1.807) is 13.8 Å². The average Bonchev–Trinajstić information content (AvgIpc) is 3.27. The standard InChI is InChI=1S/C21H20F3N3O5S/c1-3-27(4-2)33(29,30)17-10-8-14(9-11-17)20(28)31-13-18-25-19(26-32-18)15-6-5-7-16(12-15)21(22,23)24/h5-12H,3-4,13H2,1-2H3. The van der Waals surface area contributed by atoms with E-state index in [9.17, 15) is 26.4 Å². The van der Waals surface area contributed by atoms with Crippen LogP contribution in [0.5, 0.6) is 0 Å². The Bertz CT molecular complexity index is 1220. The second-order valence-electron chi connectivity index (χ2n) is 6.78. The fraction of sp³-hybridized carbons (Fsp3) is 0.286. The molecule has 0 aliphatic carbocycles. The van der Waals surface area contributed by atoms with Crippen molar-refractivity contribution in [3.05, 3.63) is 65.5 Å². The molecule has 1 heterocycles. The van der Waals surface area contributed by atoms with Crippen LogP contribution in [0.3, 0.4) is 0 Å². The van der Waals surface area contributed by atoms with Gasteiger partial charge in [-0.25, -0.2) is 13.2 Å². The molecule has 1 aromatic heterocycles. The number of carbonyl (C=O) groups excluding carboxylic acids is 1. The van der Waals surface area contributed by atoms with Crippen LogP contribution in [0, 0.1) is 0 Å². The van der Waals surface area contributed by atoms with Crippen LogP contribution in [0.2, 0.25) is 0 Å². The molecule has 176 valence electrons. The minimum atomic E-state index is -4.52. The molecule has 0 aliphatic heterocycles. The van der Waals surface area contributed by atoms with Gasteiger partial charge in [-0.3, -0.25) is 0 Å². The van der Waals surface area contributed by atoms with E-state index in [2.05, 4.69) is 10.1 Å². The lowest BCUT2D eigenvalue weighted by molar-refractivity contribution is -0.137. The van der Waals surface area contributed by atoms with Gasteiger partial charge < -0.3 is 9.26 Å². The number of benzene rings is 2. The van der Waals surface area contributed by atoms with Crippen LogP contribution in [0.25, 0.3) is 11.4 Å². The lowest BCUT2D eigenvalue weighted by Gasteiger charge is -2.18.